The Bertz CT molecular complexity index is 496. The lowest BCUT2D eigenvalue weighted by Crippen LogP contribution is -2.12. The minimum atomic E-state index is 0.531. The number of benzene rings is 1. The Labute approximate surface area is 112 Å². The van der Waals surface area contributed by atoms with Gasteiger partial charge in [0.2, 0.25) is 5.89 Å². The average Bonchev–Trinajstić information content (AvgIpc) is 2.88. The van der Waals surface area contributed by atoms with Gasteiger partial charge in [-0.05, 0) is 12.1 Å². The molecule has 0 fully saturated rings. The molecule has 0 saturated carbocycles. The molecule has 5 heteroatoms. The first-order chi connectivity index (χ1) is 9.38. The lowest BCUT2D eigenvalue weighted by molar-refractivity contribution is 0.313. The molecule has 0 bridgehead atoms. The third-order valence-electron chi connectivity index (χ3n) is 2.41. The number of aromatic nitrogens is 2. The molecule has 0 aliphatic rings. The van der Waals surface area contributed by atoms with Crippen LogP contribution in [0.2, 0.25) is 0 Å². The lowest BCUT2D eigenvalue weighted by Gasteiger charge is -2.02. The van der Waals surface area contributed by atoms with Gasteiger partial charge in [0.25, 0.3) is 0 Å². The van der Waals surface area contributed by atoms with E-state index < -0.39 is 0 Å². The van der Waals surface area contributed by atoms with Crippen molar-refractivity contribution in [1.82, 2.24) is 15.5 Å². The molecule has 19 heavy (non-hydrogen) atoms. The molecule has 1 aromatic carbocycles. The van der Waals surface area contributed by atoms with E-state index in [1.165, 1.54) is 0 Å². The van der Waals surface area contributed by atoms with E-state index in [1.807, 2.05) is 30.3 Å². The van der Waals surface area contributed by atoms with Crippen molar-refractivity contribution in [1.29, 1.82) is 0 Å². The summed E-state index contributed by atoms with van der Waals surface area (Å²) in [6.45, 7) is 5.42. The van der Waals surface area contributed by atoms with Gasteiger partial charge in [-0.3, -0.25) is 0 Å². The molecule has 1 N–H and O–H groups in total. The average molecular weight is 259 g/mol. The van der Waals surface area contributed by atoms with Gasteiger partial charge in [-0.15, -0.1) is 6.58 Å². The number of hydrogen-bond donors (Lipinski definition) is 1. The summed E-state index contributed by atoms with van der Waals surface area (Å²) in [6, 6.07) is 9.66. The molecule has 0 spiro atoms. The van der Waals surface area contributed by atoms with Gasteiger partial charge in [-0.2, -0.15) is 4.98 Å². The maximum atomic E-state index is 5.57. The molecule has 100 valence electrons. The van der Waals surface area contributed by atoms with Crippen molar-refractivity contribution in [2.24, 2.45) is 0 Å². The van der Waals surface area contributed by atoms with Crippen molar-refractivity contribution in [2.75, 3.05) is 13.2 Å². The highest BCUT2D eigenvalue weighted by molar-refractivity contribution is 5.20. The predicted octanol–water partition coefficient (Wildman–Crippen LogP) is 1.97. The zero-order valence-electron chi connectivity index (χ0n) is 10.7. The molecule has 0 aliphatic heterocycles. The van der Waals surface area contributed by atoms with Gasteiger partial charge in [0, 0.05) is 13.0 Å². The van der Waals surface area contributed by atoms with Crippen molar-refractivity contribution >= 4 is 0 Å². The molecule has 2 rings (SSSR count). The zero-order chi connectivity index (χ0) is 13.3. The lowest BCUT2D eigenvalue weighted by atomic mass is 10.3. The highest BCUT2D eigenvalue weighted by Gasteiger charge is 2.05. The summed E-state index contributed by atoms with van der Waals surface area (Å²) in [5.41, 5.74) is 0. The first-order valence-corrected chi connectivity index (χ1v) is 6.19. The fourth-order valence-corrected chi connectivity index (χ4v) is 1.52. The Morgan fingerprint density at radius 1 is 1.32 bits per heavy atom. The molecule has 1 heterocycles. The molecule has 0 saturated heterocycles. The van der Waals surface area contributed by atoms with Crippen molar-refractivity contribution in [3.63, 3.8) is 0 Å². The summed E-state index contributed by atoms with van der Waals surface area (Å²) in [5.74, 6) is 2.08. The van der Waals surface area contributed by atoms with E-state index in [0.29, 0.717) is 31.3 Å². The number of hydrogen-bond acceptors (Lipinski definition) is 5. The Kier molecular flexibility index (Phi) is 5.13. The van der Waals surface area contributed by atoms with Crippen LogP contribution in [0.5, 0.6) is 5.75 Å². The van der Waals surface area contributed by atoms with Crippen LogP contribution in [0.15, 0.2) is 47.5 Å². The number of para-hydroxylation sites is 1. The Balaban J connectivity index is 1.72. The summed E-state index contributed by atoms with van der Waals surface area (Å²) in [4.78, 5) is 4.26. The summed E-state index contributed by atoms with van der Waals surface area (Å²) >= 11 is 0. The van der Waals surface area contributed by atoms with Crippen LogP contribution in [0.25, 0.3) is 0 Å². The molecular formula is C14H17N3O2. The molecular weight excluding hydrogens is 242 g/mol. The quantitative estimate of drug-likeness (QED) is 0.580. The molecule has 0 atom stereocenters. The maximum Gasteiger partial charge on any atom is 0.240 e. The normalized spacial score (nSPS) is 10.3. The zero-order valence-corrected chi connectivity index (χ0v) is 10.7. The summed E-state index contributed by atoms with van der Waals surface area (Å²) in [7, 11) is 0. The molecule has 1 aromatic heterocycles. The van der Waals surface area contributed by atoms with Crippen molar-refractivity contribution < 1.29 is 9.26 Å². The van der Waals surface area contributed by atoms with Gasteiger partial charge in [0.15, 0.2) is 5.82 Å². The standard InChI is InChI=1S/C14H17N3O2/c1-2-9-15-11-14-16-13(17-19-14)8-10-18-12-6-4-3-5-7-12/h2-7,15H,1,8-11H2. The van der Waals surface area contributed by atoms with Gasteiger partial charge in [0.05, 0.1) is 13.2 Å². The van der Waals surface area contributed by atoms with Crippen molar-refractivity contribution in [3.05, 3.63) is 54.7 Å². The van der Waals surface area contributed by atoms with Gasteiger partial charge in [0.1, 0.15) is 5.75 Å². The third-order valence-corrected chi connectivity index (χ3v) is 2.41. The molecule has 5 nitrogen and oxygen atoms in total. The molecule has 0 amide bonds. The second-order valence-electron chi connectivity index (χ2n) is 3.94. The first-order valence-electron chi connectivity index (χ1n) is 6.19. The van der Waals surface area contributed by atoms with Crippen LogP contribution in [0.3, 0.4) is 0 Å². The maximum absolute atomic E-state index is 5.57. The van der Waals surface area contributed by atoms with Gasteiger partial charge < -0.3 is 14.6 Å². The Morgan fingerprint density at radius 2 is 2.16 bits per heavy atom. The van der Waals surface area contributed by atoms with Gasteiger partial charge in [-0.1, -0.05) is 29.4 Å². The Hall–Kier alpha value is -2.14. The monoisotopic (exact) mass is 259 g/mol. The number of nitrogens with zero attached hydrogens (tertiary/aromatic N) is 2. The van der Waals surface area contributed by atoms with Gasteiger partial charge >= 0.3 is 0 Å². The van der Waals surface area contributed by atoms with Crippen LogP contribution in [-0.4, -0.2) is 23.3 Å². The molecule has 0 radical (unpaired) electrons. The van der Waals surface area contributed by atoms with E-state index in [0.717, 1.165) is 12.3 Å². The van der Waals surface area contributed by atoms with Crippen LogP contribution in [0.1, 0.15) is 11.7 Å². The van der Waals surface area contributed by atoms with E-state index in [1.54, 1.807) is 6.08 Å². The minimum absolute atomic E-state index is 0.531. The van der Waals surface area contributed by atoms with Crippen molar-refractivity contribution in [3.8, 4) is 5.75 Å². The highest BCUT2D eigenvalue weighted by Crippen LogP contribution is 2.08. The van der Waals surface area contributed by atoms with Gasteiger partial charge in [-0.25, -0.2) is 0 Å². The summed E-state index contributed by atoms with van der Waals surface area (Å²) in [5, 5.41) is 7.00. The molecule has 0 unspecified atom stereocenters. The highest BCUT2D eigenvalue weighted by atomic mass is 16.5. The van der Waals surface area contributed by atoms with E-state index in [4.69, 9.17) is 9.26 Å². The summed E-state index contributed by atoms with van der Waals surface area (Å²) in [6.07, 6.45) is 2.41. The number of ether oxygens (including phenoxy) is 1. The largest absolute Gasteiger partial charge is 0.493 e. The third kappa shape index (κ3) is 4.56. The number of rotatable bonds is 8. The van der Waals surface area contributed by atoms with Crippen molar-refractivity contribution in [2.45, 2.75) is 13.0 Å². The van der Waals surface area contributed by atoms with E-state index in [9.17, 15) is 0 Å². The van der Waals surface area contributed by atoms with E-state index in [2.05, 4.69) is 22.0 Å². The molecule has 2 aromatic rings. The molecule has 0 aliphatic carbocycles. The number of nitrogens with one attached hydrogen (secondary N) is 1. The first kappa shape index (κ1) is 13.3. The Morgan fingerprint density at radius 3 is 2.95 bits per heavy atom. The SMILES string of the molecule is C=CCNCc1nc(CCOc2ccccc2)no1. The fraction of sp³-hybridized carbons (Fsp3) is 0.286. The second kappa shape index (κ2) is 7.33. The van der Waals surface area contributed by atoms with Crippen LogP contribution < -0.4 is 10.1 Å². The van der Waals surface area contributed by atoms with Crippen LogP contribution in [0.4, 0.5) is 0 Å². The predicted molar refractivity (Wildman–Crippen MR) is 71.8 cm³/mol. The smallest absolute Gasteiger partial charge is 0.240 e. The van der Waals surface area contributed by atoms with Crippen LogP contribution >= 0.6 is 0 Å². The topological polar surface area (TPSA) is 60.2 Å². The van der Waals surface area contributed by atoms with Crippen LogP contribution in [0, 0.1) is 0 Å². The second-order valence-corrected chi connectivity index (χ2v) is 3.94. The fourth-order valence-electron chi connectivity index (χ4n) is 1.52. The summed E-state index contributed by atoms with van der Waals surface area (Å²) < 4.78 is 10.7. The minimum Gasteiger partial charge on any atom is -0.493 e. The van der Waals surface area contributed by atoms with E-state index in [-0.39, 0.29) is 0 Å². The van der Waals surface area contributed by atoms with E-state index >= 15 is 0 Å². The van der Waals surface area contributed by atoms with Crippen LogP contribution in [-0.2, 0) is 13.0 Å².